The number of phenolic OH excluding ortho intramolecular Hbond substituents is 1. The summed E-state index contributed by atoms with van der Waals surface area (Å²) >= 11 is 0. The number of rotatable bonds is 9. The van der Waals surface area contributed by atoms with Gasteiger partial charge in [0.25, 0.3) is 5.91 Å². The van der Waals surface area contributed by atoms with Crippen LogP contribution >= 0.6 is 0 Å². The zero-order valence-electron chi connectivity index (χ0n) is 14.8. The minimum atomic E-state index is -0.432. The number of carbonyl (C=O) groups excluding carboxylic acids is 1. The molecule has 138 valence electrons. The Labute approximate surface area is 152 Å². The van der Waals surface area contributed by atoms with Crippen molar-refractivity contribution in [1.82, 2.24) is 5.43 Å². The van der Waals surface area contributed by atoms with E-state index in [1.807, 2.05) is 19.9 Å². The van der Waals surface area contributed by atoms with E-state index in [1.165, 1.54) is 12.3 Å². The molecule has 0 aliphatic rings. The van der Waals surface area contributed by atoms with Gasteiger partial charge in [0, 0.05) is 11.6 Å². The van der Waals surface area contributed by atoms with Crippen LogP contribution < -0.4 is 19.6 Å². The summed E-state index contributed by atoms with van der Waals surface area (Å²) in [6, 6.07) is 11.9. The smallest absolute Gasteiger partial charge is 0.277 e. The third kappa shape index (κ3) is 5.70. The minimum Gasteiger partial charge on any atom is -0.507 e. The molecule has 0 saturated heterocycles. The summed E-state index contributed by atoms with van der Waals surface area (Å²) in [6.45, 7) is 4.53. The van der Waals surface area contributed by atoms with E-state index in [2.05, 4.69) is 10.5 Å². The average molecular weight is 358 g/mol. The van der Waals surface area contributed by atoms with Crippen molar-refractivity contribution in [3.63, 3.8) is 0 Å². The highest BCUT2D eigenvalue weighted by atomic mass is 16.5. The van der Waals surface area contributed by atoms with Crippen LogP contribution in [0.1, 0.15) is 19.4 Å². The zero-order chi connectivity index (χ0) is 18.8. The average Bonchev–Trinajstić information content (AvgIpc) is 2.63. The summed E-state index contributed by atoms with van der Waals surface area (Å²) in [5.74, 6) is 1.20. The summed E-state index contributed by atoms with van der Waals surface area (Å²) in [7, 11) is 0. The summed E-state index contributed by atoms with van der Waals surface area (Å²) in [6.07, 6.45) is 1.34. The summed E-state index contributed by atoms with van der Waals surface area (Å²) < 4.78 is 16.2. The highest BCUT2D eigenvalue weighted by Crippen LogP contribution is 2.26. The molecule has 0 bridgehead atoms. The quantitative estimate of drug-likeness (QED) is 0.531. The Morgan fingerprint density at radius 2 is 1.77 bits per heavy atom. The number of aromatic hydroxyl groups is 1. The number of hydrazone groups is 1. The number of benzene rings is 2. The van der Waals surface area contributed by atoms with Gasteiger partial charge in [0.15, 0.2) is 18.1 Å². The lowest BCUT2D eigenvalue weighted by Gasteiger charge is -2.10. The van der Waals surface area contributed by atoms with Crippen LogP contribution in [0.15, 0.2) is 47.6 Å². The van der Waals surface area contributed by atoms with Crippen molar-refractivity contribution in [3.8, 4) is 23.0 Å². The van der Waals surface area contributed by atoms with E-state index in [0.29, 0.717) is 36.0 Å². The van der Waals surface area contributed by atoms with Crippen molar-refractivity contribution in [2.24, 2.45) is 5.10 Å². The van der Waals surface area contributed by atoms with Crippen LogP contribution in [0.25, 0.3) is 0 Å². The Bertz CT molecular complexity index is 761. The van der Waals surface area contributed by atoms with Crippen LogP contribution in [0.5, 0.6) is 23.0 Å². The number of phenols is 1. The SMILES string of the molecule is CCOc1ccc(/C=N\NC(=O)COc2ccccc2OCC)c(O)c1. The van der Waals surface area contributed by atoms with Crippen molar-refractivity contribution in [2.75, 3.05) is 19.8 Å². The minimum absolute atomic E-state index is 0.0100. The first kappa shape index (κ1) is 19.1. The second-order valence-corrected chi connectivity index (χ2v) is 5.12. The monoisotopic (exact) mass is 358 g/mol. The Balaban J connectivity index is 1.86. The molecule has 0 aliphatic carbocycles. The van der Waals surface area contributed by atoms with E-state index in [-0.39, 0.29) is 12.4 Å². The van der Waals surface area contributed by atoms with Crippen molar-refractivity contribution in [1.29, 1.82) is 0 Å². The Kier molecular flexibility index (Phi) is 7.30. The Hall–Kier alpha value is -3.22. The van der Waals surface area contributed by atoms with E-state index in [9.17, 15) is 9.90 Å². The predicted molar refractivity (Wildman–Crippen MR) is 98.1 cm³/mol. The molecule has 0 fully saturated rings. The van der Waals surface area contributed by atoms with E-state index in [0.717, 1.165) is 0 Å². The molecule has 0 aliphatic heterocycles. The molecule has 26 heavy (non-hydrogen) atoms. The largest absolute Gasteiger partial charge is 0.507 e. The number of amides is 1. The molecule has 7 heteroatoms. The topological polar surface area (TPSA) is 89.4 Å². The number of hydrogen-bond acceptors (Lipinski definition) is 6. The second kappa shape index (κ2) is 9.93. The number of nitrogens with one attached hydrogen (secondary N) is 1. The van der Waals surface area contributed by atoms with Gasteiger partial charge in [-0.15, -0.1) is 0 Å². The van der Waals surface area contributed by atoms with Gasteiger partial charge in [-0.05, 0) is 38.1 Å². The van der Waals surface area contributed by atoms with Crippen LogP contribution in [0, 0.1) is 0 Å². The third-order valence-corrected chi connectivity index (χ3v) is 3.21. The first-order valence-electron chi connectivity index (χ1n) is 8.26. The molecule has 2 aromatic rings. The lowest BCUT2D eigenvalue weighted by molar-refractivity contribution is -0.123. The van der Waals surface area contributed by atoms with Crippen LogP contribution in [-0.4, -0.2) is 37.0 Å². The van der Waals surface area contributed by atoms with Gasteiger partial charge in [0.05, 0.1) is 19.4 Å². The highest BCUT2D eigenvalue weighted by molar-refractivity contribution is 5.85. The number of hydrogen-bond donors (Lipinski definition) is 2. The fraction of sp³-hybridized carbons (Fsp3) is 0.263. The van der Waals surface area contributed by atoms with Gasteiger partial charge in [-0.3, -0.25) is 4.79 Å². The van der Waals surface area contributed by atoms with Crippen LogP contribution in [0.2, 0.25) is 0 Å². The van der Waals surface area contributed by atoms with Gasteiger partial charge in [0.2, 0.25) is 0 Å². The normalized spacial score (nSPS) is 10.5. The van der Waals surface area contributed by atoms with Gasteiger partial charge in [-0.1, -0.05) is 12.1 Å². The first-order valence-corrected chi connectivity index (χ1v) is 8.26. The Morgan fingerprint density at radius 1 is 1.08 bits per heavy atom. The fourth-order valence-corrected chi connectivity index (χ4v) is 2.08. The standard InChI is InChI=1S/C19H22N2O5/c1-3-24-15-10-9-14(16(22)11-15)12-20-21-19(23)13-26-18-8-6-5-7-17(18)25-4-2/h5-12,22H,3-4,13H2,1-2H3,(H,21,23)/b20-12-. The molecule has 0 atom stereocenters. The lowest BCUT2D eigenvalue weighted by Crippen LogP contribution is -2.24. The molecule has 0 unspecified atom stereocenters. The maximum atomic E-state index is 11.8. The van der Waals surface area contributed by atoms with Crippen molar-refractivity contribution >= 4 is 12.1 Å². The van der Waals surface area contributed by atoms with Gasteiger partial charge >= 0.3 is 0 Å². The number of nitrogens with zero attached hydrogens (tertiary/aromatic N) is 1. The third-order valence-electron chi connectivity index (χ3n) is 3.21. The molecule has 1 amide bonds. The molecule has 0 saturated carbocycles. The molecule has 0 spiro atoms. The maximum Gasteiger partial charge on any atom is 0.277 e. The number of ether oxygens (including phenoxy) is 3. The zero-order valence-corrected chi connectivity index (χ0v) is 14.8. The molecule has 2 N–H and O–H groups in total. The van der Waals surface area contributed by atoms with Crippen molar-refractivity contribution in [3.05, 3.63) is 48.0 Å². The Morgan fingerprint density at radius 3 is 2.42 bits per heavy atom. The van der Waals surface area contributed by atoms with E-state index in [1.54, 1.807) is 30.3 Å². The molecule has 0 aromatic heterocycles. The van der Waals surface area contributed by atoms with E-state index < -0.39 is 5.91 Å². The molecular weight excluding hydrogens is 336 g/mol. The molecule has 7 nitrogen and oxygen atoms in total. The summed E-state index contributed by atoms with van der Waals surface area (Å²) in [5.41, 5.74) is 2.80. The molecule has 0 radical (unpaired) electrons. The lowest BCUT2D eigenvalue weighted by atomic mass is 10.2. The van der Waals surface area contributed by atoms with E-state index in [4.69, 9.17) is 14.2 Å². The predicted octanol–water partition coefficient (Wildman–Crippen LogP) is 2.72. The molecular formula is C19H22N2O5. The number of para-hydroxylation sites is 2. The van der Waals surface area contributed by atoms with Gasteiger partial charge < -0.3 is 19.3 Å². The first-order chi connectivity index (χ1) is 12.6. The van der Waals surface area contributed by atoms with Gasteiger partial charge in [-0.25, -0.2) is 5.43 Å². The van der Waals surface area contributed by atoms with Crippen molar-refractivity contribution in [2.45, 2.75) is 13.8 Å². The van der Waals surface area contributed by atoms with Crippen LogP contribution in [0.4, 0.5) is 0 Å². The maximum absolute atomic E-state index is 11.8. The fourth-order valence-electron chi connectivity index (χ4n) is 2.08. The molecule has 0 heterocycles. The van der Waals surface area contributed by atoms with E-state index >= 15 is 0 Å². The van der Waals surface area contributed by atoms with Crippen LogP contribution in [0.3, 0.4) is 0 Å². The summed E-state index contributed by atoms with van der Waals surface area (Å²) in [5, 5.41) is 13.7. The van der Waals surface area contributed by atoms with Crippen LogP contribution in [-0.2, 0) is 4.79 Å². The molecule has 2 rings (SSSR count). The van der Waals surface area contributed by atoms with Crippen molar-refractivity contribution < 1.29 is 24.1 Å². The highest BCUT2D eigenvalue weighted by Gasteiger charge is 2.07. The number of carbonyl (C=O) groups is 1. The summed E-state index contributed by atoms with van der Waals surface area (Å²) in [4.78, 5) is 11.8. The molecule has 2 aromatic carbocycles. The second-order valence-electron chi connectivity index (χ2n) is 5.12. The van der Waals surface area contributed by atoms with Gasteiger partial charge in [0.1, 0.15) is 11.5 Å². The van der Waals surface area contributed by atoms with Gasteiger partial charge in [-0.2, -0.15) is 5.10 Å².